The van der Waals surface area contributed by atoms with E-state index in [1.807, 2.05) is 36.7 Å². The van der Waals surface area contributed by atoms with E-state index in [-0.39, 0.29) is 5.84 Å². The summed E-state index contributed by atoms with van der Waals surface area (Å²) in [5, 5.41) is 13.5. The molecule has 0 aliphatic carbocycles. The Labute approximate surface area is 242 Å². The van der Waals surface area contributed by atoms with E-state index in [9.17, 15) is 0 Å². The van der Waals surface area contributed by atoms with Crippen LogP contribution in [0.4, 0.5) is 0 Å². The fourth-order valence-corrected chi connectivity index (χ4v) is 6.14. The predicted molar refractivity (Wildman–Crippen MR) is 176 cm³/mol. The Bertz CT molecular complexity index is 2290. The highest BCUT2D eigenvalue weighted by Gasteiger charge is 2.19. The average molecular weight is 539 g/mol. The first-order chi connectivity index (χ1) is 20.8. The van der Waals surface area contributed by atoms with Gasteiger partial charge in [0.05, 0.1) is 22.1 Å². The summed E-state index contributed by atoms with van der Waals surface area (Å²) >= 11 is 0. The van der Waals surface area contributed by atoms with Gasteiger partial charge in [0.15, 0.2) is 5.84 Å². The Morgan fingerprint density at radius 1 is 0.500 bits per heavy atom. The third-order valence-electron chi connectivity index (χ3n) is 8.09. The quantitative estimate of drug-likeness (QED) is 0.171. The number of hydrogen-bond donors (Lipinski definition) is 1. The van der Waals surface area contributed by atoms with Crippen molar-refractivity contribution in [2.45, 2.75) is 0 Å². The van der Waals surface area contributed by atoms with Gasteiger partial charge in [-0.2, -0.15) is 0 Å². The summed E-state index contributed by atoms with van der Waals surface area (Å²) in [5.74, 6) is 0.219. The molecule has 0 aliphatic heterocycles. The van der Waals surface area contributed by atoms with Crippen LogP contribution in [0.5, 0.6) is 0 Å². The van der Waals surface area contributed by atoms with Gasteiger partial charge in [-0.05, 0) is 35.4 Å². The van der Waals surface area contributed by atoms with Crippen LogP contribution in [-0.4, -0.2) is 21.3 Å². The van der Waals surface area contributed by atoms with Crippen molar-refractivity contribution < 1.29 is 0 Å². The van der Waals surface area contributed by atoms with E-state index in [0.717, 1.165) is 55.2 Å². The SMILES string of the molecule is N=C(N=Cn1c2ccccc2c2ccc3c4ccccc4n(-c4ccccc4)c3c21)c1ccc(-c2ccccc2)cc1. The Hall–Kier alpha value is -5.74. The van der Waals surface area contributed by atoms with Crippen molar-refractivity contribution in [1.82, 2.24) is 9.13 Å². The molecule has 0 fully saturated rings. The lowest BCUT2D eigenvalue weighted by Crippen LogP contribution is -2.02. The number of hydrogen-bond acceptors (Lipinski definition) is 1. The topological polar surface area (TPSA) is 46.1 Å². The first kappa shape index (κ1) is 24.1. The molecule has 198 valence electrons. The molecule has 0 saturated carbocycles. The van der Waals surface area contributed by atoms with Crippen LogP contribution in [0.2, 0.25) is 0 Å². The van der Waals surface area contributed by atoms with Gasteiger partial charge in [0, 0.05) is 32.8 Å². The van der Waals surface area contributed by atoms with Crippen molar-refractivity contribution in [3.8, 4) is 16.8 Å². The Kier molecular flexibility index (Phi) is 5.57. The summed E-state index contributed by atoms with van der Waals surface area (Å²) < 4.78 is 4.50. The van der Waals surface area contributed by atoms with Crippen molar-refractivity contribution in [3.63, 3.8) is 0 Å². The van der Waals surface area contributed by atoms with Crippen molar-refractivity contribution in [2.75, 3.05) is 0 Å². The highest BCUT2D eigenvalue weighted by molar-refractivity contribution is 6.25. The lowest BCUT2D eigenvalue weighted by Gasteiger charge is -2.10. The summed E-state index contributed by atoms with van der Waals surface area (Å²) in [4.78, 5) is 4.71. The van der Waals surface area contributed by atoms with Crippen LogP contribution in [0.25, 0.3) is 60.4 Å². The number of nitrogens with one attached hydrogen (secondary N) is 1. The van der Waals surface area contributed by atoms with E-state index in [1.54, 1.807) is 0 Å². The maximum Gasteiger partial charge on any atom is 0.153 e. The maximum atomic E-state index is 8.83. The minimum Gasteiger partial charge on any atom is -0.307 e. The third kappa shape index (κ3) is 3.77. The van der Waals surface area contributed by atoms with Crippen LogP contribution in [0.3, 0.4) is 0 Å². The van der Waals surface area contributed by atoms with Gasteiger partial charge < -0.3 is 4.57 Å². The Balaban J connectivity index is 1.34. The monoisotopic (exact) mass is 538 g/mol. The highest BCUT2D eigenvalue weighted by atomic mass is 15.1. The molecule has 0 atom stereocenters. The van der Waals surface area contributed by atoms with E-state index in [2.05, 4.69) is 124 Å². The summed E-state index contributed by atoms with van der Waals surface area (Å²) in [7, 11) is 0. The van der Waals surface area contributed by atoms with Gasteiger partial charge in [-0.25, -0.2) is 4.99 Å². The fourth-order valence-electron chi connectivity index (χ4n) is 6.14. The van der Waals surface area contributed by atoms with Crippen LogP contribution in [0.15, 0.2) is 151 Å². The number of benzene rings is 6. The molecule has 6 aromatic carbocycles. The zero-order valence-corrected chi connectivity index (χ0v) is 22.8. The molecule has 0 unspecified atom stereocenters. The van der Waals surface area contributed by atoms with E-state index in [1.165, 1.54) is 10.8 Å². The summed E-state index contributed by atoms with van der Waals surface area (Å²) in [6.07, 6.45) is 1.81. The molecule has 8 aromatic rings. The van der Waals surface area contributed by atoms with Crippen molar-refractivity contribution in [3.05, 3.63) is 151 Å². The van der Waals surface area contributed by atoms with Gasteiger partial charge in [0.25, 0.3) is 0 Å². The predicted octanol–water partition coefficient (Wildman–Crippen LogP) is 9.46. The van der Waals surface area contributed by atoms with Crippen LogP contribution in [0, 0.1) is 5.41 Å². The van der Waals surface area contributed by atoms with Crippen LogP contribution >= 0.6 is 0 Å². The number of rotatable bonds is 4. The van der Waals surface area contributed by atoms with Gasteiger partial charge >= 0.3 is 0 Å². The largest absolute Gasteiger partial charge is 0.307 e. The summed E-state index contributed by atoms with van der Waals surface area (Å²) in [6.45, 7) is 0. The second-order valence-electron chi connectivity index (χ2n) is 10.5. The smallest absolute Gasteiger partial charge is 0.153 e. The molecule has 0 amide bonds. The number of para-hydroxylation sites is 3. The maximum absolute atomic E-state index is 8.83. The van der Waals surface area contributed by atoms with E-state index >= 15 is 0 Å². The molecule has 0 spiro atoms. The molecule has 4 heteroatoms. The Morgan fingerprint density at radius 3 is 1.76 bits per heavy atom. The standard InChI is InChI=1S/C38H26N4/c39-38(28-21-19-27(20-22-28)26-11-3-1-4-12-26)40-25-41-34-17-9-7-15-30(34)32-23-24-33-31-16-8-10-18-35(31)42(37(33)36(32)41)29-13-5-2-6-14-29/h1-25,39H. The lowest BCUT2D eigenvalue weighted by atomic mass is 10.0. The molecule has 2 heterocycles. The molecular weight excluding hydrogens is 512 g/mol. The van der Waals surface area contributed by atoms with Crippen molar-refractivity contribution in [1.29, 1.82) is 5.41 Å². The molecule has 4 nitrogen and oxygen atoms in total. The number of nitrogens with zero attached hydrogens (tertiary/aromatic N) is 3. The average Bonchev–Trinajstić information content (AvgIpc) is 3.57. The minimum absolute atomic E-state index is 0.219. The molecule has 0 bridgehead atoms. The first-order valence-electron chi connectivity index (χ1n) is 14.1. The third-order valence-corrected chi connectivity index (χ3v) is 8.09. The van der Waals surface area contributed by atoms with E-state index in [0.29, 0.717) is 0 Å². The van der Waals surface area contributed by atoms with E-state index < -0.39 is 0 Å². The minimum atomic E-state index is 0.219. The second-order valence-corrected chi connectivity index (χ2v) is 10.5. The number of aliphatic imine (C=N–C) groups is 1. The second kappa shape index (κ2) is 9.72. The van der Waals surface area contributed by atoms with Crippen molar-refractivity contribution in [2.24, 2.45) is 4.99 Å². The fraction of sp³-hybridized carbons (Fsp3) is 0. The molecule has 0 aliphatic rings. The van der Waals surface area contributed by atoms with Gasteiger partial charge in [0.2, 0.25) is 0 Å². The van der Waals surface area contributed by atoms with Gasteiger partial charge in [-0.15, -0.1) is 0 Å². The normalized spacial score (nSPS) is 11.8. The molecule has 1 N–H and O–H groups in total. The van der Waals surface area contributed by atoms with E-state index in [4.69, 9.17) is 10.4 Å². The number of aromatic nitrogens is 2. The van der Waals surface area contributed by atoms with Crippen LogP contribution < -0.4 is 0 Å². The van der Waals surface area contributed by atoms with Gasteiger partial charge in [-0.3, -0.25) is 9.98 Å². The highest BCUT2D eigenvalue weighted by Crippen LogP contribution is 2.39. The molecule has 2 aromatic heterocycles. The molecule has 8 rings (SSSR count). The zero-order chi connectivity index (χ0) is 28.0. The summed E-state index contributed by atoms with van der Waals surface area (Å²) in [5.41, 5.74) is 8.57. The molecular formula is C38H26N4. The molecule has 42 heavy (non-hydrogen) atoms. The zero-order valence-electron chi connectivity index (χ0n) is 22.8. The van der Waals surface area contributed by atoms with Gasteiger partial charge in [0.1, 0.15) is 6.34 Å². The van der Waals surface area contributed by atoms with Crippen molar-refractivity contribution >= 4 is 55.8 Å². The lowest BCUT2D eigenvalue weighted by molar-refractivity contribution is 1.18. The first-order valence-corrected chi connectivity index (χ1v) is 14.1. The molecule has 0 radical (unpaired) electrons. The van der Waals surface area contributed by atoms with Crippen LogP contribution in [0.1, 0.15) is 5.56 Å². The number of fused-ring (bicyclic) bond motifs is 7. The molecule has 0 saturated heterocycles. The summed E-state index contributed by atoms with van der Waals surface area (Å²) in [6, 6.07) is 50.3. The number of amidine groups is 1. The Morgan fingerprint density at radius 2 is 1.05 bits per heavy atom. The van der Waals surface area contributed by atoms with Gasteiger partial charge in [-0.1, -0.05) is 121 Å². The van der Waals surface area contributed by atoms with Crippen LogP contribution in [-0.2, 0) is 0 Å².